The summed E-state index contributed by atoms with van der Waals surface area (Å²) in [6.45, 7) is 9.98. The van der Waals surface area contributed by atoms with E-state index in [9.17, 15) is 9.59 Å². The number of piperidine rings is 2. The summed E-state index contributed by atoms with van der Waals surface area (Å²) in [4.78, 5) is 34.6. The topological polar surface area (TPSA) is 71.3 Å². The van der Waals surface area contributed by atoms with Crippen molar-refractivity contribution in [1.29, 1.82) is 0 Å². The summed E-state index contributed by atoms with van der Waals surface area (Å²) in [7, 11) is 0. The fourth-order valence-electron chi connectivity index (χ4n) is 4.41. The van der Waals surface area contributed by atoms with Crippen LogP contribution in [-0.2, 0) is 6.54 Å². The molecule has 5 rings (SSSR count). The van der Waals surface area contributed by atoms with E-state index in [0.29, 0.717) is 30.1 Å². The molecule has 2 unspecified atom stereocenters. The highest BCUT2D eigenvalue weighted by atomic mass is 16.2. The molecule has 3 saturated heterocycles. The Balaban J connectivity index is 1.49. The maximum absolute atomic E-state index is 13.1. The van der Waals surface area contributed by atoms with Gasteiger partial charge in [-0.25, -0.2) is 0 Å². The molecule has 0 N–H and O–H groups in total. The zero-order valence-electron chi connectivity index (χ0n) is 17.6. The van der Waals surface area contributed by atoms with Crippen molar-refractivity contribution < 1.29 is 9.59 Å². The van der Waals surface area contributed by atoms with E-state index in [0.717, 1.165) is 30.8 Å². The first-order valence-corrected chi connectivity index (χ1v) is 10.5. The van der Waals surface area contributed by atoms with E-state index in [1.165, 1.54) is 0 Å². The molecule has 0 aliphatic carbocycles. The van der Waals surface area contributed by atoms with Crippen LogP contribution in [0.15, 0.2) is 24.5 Å². The third-order valence-electron chi connectivity index (χ3n) is 6.18. The maximum atomic E-state index is 13.1. The fourth-order valence-corrected chi connectivity index (χ4v) is 4.41. The van der Waals surface area contributed by atoms with Gasteiger partial charge >= 0.3 is 0 Å². The minimum Gasteiger partial charge on any atom is -0.332 e. The Labute approximate surface area is 171 Å². The van der Waals surface area contributed by atoms with Gasteiger partial charge in [0, 0.05) is 49.8 Å². The normalized spacial score (nSPS) is 21.1. The van der Waals surface area contributed by atoms with Gasteiger partial charge in [-0.15, -0.1) is 0 Å². The molecule has 7 nitrogen and oxygen atoms in total. The zero-order valence-corrected chi connectivity index (χ0v) is 17.6. The van der Waals surface area contributed by atoms with Crippen molar-refractivity contribution in [3.63, 3.8) is 0 Å². The van der Waals surface area contributed by atoms with Crippen LogP contribution >= 0.6 is 0 Å². The molecule has 5 heterocycles. The first kappa shape index (κ1) is 19.6. The van der Waals surface area contributed by atoms with Crippen molar-refractivity contribution in [2.24, 2.45) is 0 Å². The molecule has 2 bridgehead atoms. The standard InChI is InChI=1S/C22H29N5O2/c1-5-25-13-19(15(4)24-25)22(29)27-12-17-7-8-18(27)11-26(17)21(28)16-6-9-20(14(2)3)23-10-16/h6,9-10,13-14,17-18H,5,7-8,11-12H2,1-4H3. The lowest BCUT2D eigenvalue weighted by molar-refractivity contribution is -0.00613. The van der Waals surface area contributed by atoms with E-state index in [-0.39, 0.29) is 23.9 Å². The van der Waals surface area contributed by atoms with E-state index in [2.05, 4.69) is 23.9 Å². The molecule has 29 heavy (non-hydrogen) atoms. The number of amides is 2. The van der Waals surface area contributed by atoms with Gasteiger partial charge in [0.15, 0.2) is 0 Å². The van der Waals surface area contributed by atoms with E-state index in [4.69, 9.17) is 0 Å². The molecule has 2 amide bonds. The number of hydrogen-bond donors (Lipinski definition) is 0. The third-order valence-corrected chi connectivity index (χ3v) is 6.18. The first-order chi connectivity index (χ1) is 13.9. The summed E-state index contributed by atoms with van der Waals surface area (Å²) < 4.78 is 1.80. The number of nitrogens with zero attached hydrogens (tertiary/aromatic N) is 5. The van der Waals surface area contributed by atoms with Crippen molar-refractivity contribution in [1.82, 2.24) is 24.6 Å². The molecular formula is C22H29N5O2. The molecule has 3 fully saturated rings. The molecule has 0 radical (unpaired) electrons. The summed E-state index contributed by atoms with van der Waals surface area (Å²) in [6.07, 6.45) is 5.40. The van der Waals surface area contributed by atoms with Gasteiger partial charge in [-0.2, -0.15) is 5.10 Å². The van der Waals surface area contributed by atoms with Crippen LogP contribution in [0.25, 0.3) is 0 Å². The Bertz CT molecular complexity index is 918. The maximum Gasteiger partial charge on any atom is 0.257 e. The summed E-state index contributed by atoms with van der Waals surface area (Å²) in [6, 6.07) is 3.93. The number of aryl methyl sites for hydroxylation is 2. The predicted octanol–water partition coefficient (Wildman–Crippen LogP) is 2.86. The molecule has 0 aromatic carbocycles. The lowest BCUT2D eigenvalue weighted by Crippen LogP contribution is -2.65. The predicted molar refractivity (Wildman–Crippen MR) is 110 cm³/mol. The number of aromatic nitrogens is 3. The fraction of sp³-hybridized carbons (Fsp3) is 0.545. The van der Waals surface area contributed by atoms with Gasteiger partial charge in [-0.3, -0.25) is 19.3 Å². The summed E-state index contributed by atoms with van der Waals surface area (Å²) in [5, 5.41) is 4.41. The minimum absolute atomic E-state index is 0.0181. The van der Waals surface area contributed by atoms with Crippen molar-refractivity contribution in [3.05, 3.63) is 47.0 Å². The van der Waals surface area contributed by atoms with Crippen LogP contribution in [0.2, 0.25) is 0 Å². The quantitative estimate of drug-likeness (QED) is 0.798. The van der Waals surface area contributed by atoms with Gasteiger partial charge in [0.25, 0.3) is 11.8 Å². The molecule has 0 saturated carbocycles. The van der Waals surface area contributed by atoms with Crippen molar-refractivity contribution in [2.75, 3.05) is 13.1 Å². The van der Waals surface area contributed by atoms with E-state index < -0.39 is 0 Å². The number of piperazine rings is 1. The van der Waals surface area contributed by atoms with Gasteiger partial charge in [-0.1, -0.05) is 13.8 Å². The monoisotopic (exact) mass is 395 g/mol. The van der Waals surface area contributed by atoms with Crippen LogP contribution in [-0.4, -0.2) is 61.6 Å². The van der Waals surface area contributed by atoms with Crippen LogP contribution in [0.1, 0.15) is 71.6 Å². The van der Waals surface area contributed by atoms with E-state index in [1.807, 2.05) is 42.0 Å². The van der Waals surface area contributed by atoms with Crippen molar-refractivity contribution in [2.45, 2.75) is 65.1 Å². The molecule has 2 aromatic rings. The van der Waals surface area contributed by atoms with Gasteiger partial charge in [-0.05, 0) is 44.7 Å². The second-order valence-electron chi connectivity index (χ2n) is 8.41. The van der Waals surface area contributed by atoms with Gasteiger partial charge in [0.05, 0.1) is 16.8 Å². The number of hydrogen-bond acceptors (Lipinski definition) is 4. The van der Waals surface area contributed by atoms with Crippen molar-refractivity contribution in [3.8, 4) is 0 Å². The molecule has 7 heteroatoms. The number of carbonyl (C=O) groups is 2. The smallest absolute Gasteiger partial charge is 0.257 e. The number of fused-ring (bicyclic) bond motifs is 3. The molecule has 154 valence electrons. The van der Waals surface area contributed by atoms with Crippen LogP contribution in [0.4, 0.5) is 0 Å². The molecule has 3 aliphatic heterocycles. The highest BCUT2D eigenvalue weighted by Gasteiger charge is 2.43. The molecule has 2 aromatic heterocycles. The highest BCUT2D eigenvalue weighted by molar-refractivity contribution is 5.97. The molecule has 0 spiro atoms. The van der Waals surface area contributed by atoms with Crippen molar-refractivity contribution >= 4 is 11.8 Å². The van der Waals surface area contributed by atoms with Crippen LogP contribution in [0.3, 0.4) is 0 Å². The van der Waals surface area contributed by atoms with E-state index in [1.54, 1.807) is 10.9 Å². The van der Waals surface area contributed by atoms with Gasteiger partial charge in [0.2, 0.25) is 0 Å². The van der Waals surface area contributed by atoms with Crippen LogP contribution in [0.5, 0.6) is 0 Å². The summed E-state index contributed by atoms with van der Waals surface area (Å²) in [5.41, 5.74) is 3.05. The second-order valence-corrected chi connectivity index (χ2v) is 8.41. The largest absolute Gasteiger partial charge is 0.332 e. The minimum atomic E-state index is 0.0181. The Kier molecular flexibility index (Phi) is 5.15. The summed E-state index contributed by atoms with van der Waals surface area (Å²) in [5.74, 6) is 0.391. The third kappa shape index (κ3) is 3.54. The molecule has 3 aliphatic rings. The van der Waals surface area contributed by atoms with Crippen LogP contribution in [0, 0.1) is 6.92 Å². The Morgan fingerprint density at radius 3 is 2.24 bits per heavy atom. The first-order valence-electron chi connectivity index (χ1n) is 10.5. The SMILES string of the molecule is CCn1cc(C(=O)N2CC3CCC2CN3C(=O)c2ccc(C(C)C)nc2)c(C)n1. The summed E-state index contributed by atoms with van der Waals surface area (Å²) >= 11 is 0. The second kappa shape index (κ2) is 7.61. The van der Waals surface area contributed by atoms with Gasteiger partial charge in [0.1, 0.15) is 0 Å². The molecule has 2 atom stereocenters. The Hall–Kier alpha value is -2.70. The average Bonchev–Trinajstić information content (AvgIpc) is 3.13. The average molecular weight is 396 g/mol. The molecular weight excluding hydrogens is 366 g/mol. The van der Waals surface area contributed by atoms with Gasteiger partial charge < -0.3 is 9.80 Å². The Morgan fingerprint density at radius 1 is 1.10 bits per heavy atom. The lowest BCUT2D eigenvalue weighted by atomic mass is 9.89. The van der Waals surface area contributed by atoms with E-state index >= 15 is 0 Å². The zero-order chi connectivity index (χ0) is 20.7. The number of rotatable bonds is 4. The number of pyridine rings is 1. The number of carbonyl (C=O) groups excluding carboxylic acids is 2. The Morgan fingerprint density at radius 2 is 1.76 bits per heavy atom. The van der Waals surface area contributed by atoms with Crippen LogP contribution < -0.4 is 0 Å². The lowest BCUT2D eigenvalue weighted by Gasteiger charge is -2.51. The highest BCUT2D eigenvalue weighted by Crippen LogP contribution is 2.31.